The first-order valence-electron chi connectivity index (χ1n) is 15.4. The van der Waals surface area contributed by atoms with Crippen LogP contribution in [0.3, 0.4) is 0 Å². The molecule has 2 amide bonds. The van der Waals surface area contributed by atoms with Gasteiger partial charge in [-0.1, -0.05) is 29.8 Å². The summed E-state index contributed by atoms with van der Waals surface area (Å²) in [5.74, 6) is 1.28. The first kappa shape index (κ1) is 30.3. The van der Waals surface area contributed by atoms with E-state index in [-0.39, 0.29) is 17.9 Å². The number of nitrogens with one attached hydrogen (secondary N) is 2. The summed E-state index contributed by atoms with van der Waals surface area (Å²) in [4.78, 5) is 42.5. The van der Waals surface area contributed by atoms with E-state index in [0.29, 0.717) is 23.2 Å². The predicted molar refractivity (Wildman–Crippen MR) is 172 cm³/mol. The van der Waals surface area contributed by atoms with Crippen LogP contribution in [0.1, 0.15) is 54.3 Å². The SMILES string of the molecule is C[C@H](C(=O)N[C@H](C)c1cccc(N2CCN(C)CC2)n1)N1Cc2ccc(-c3cc(NC4CCOCC4)ncc3Cl)cc2C1=O. The summed E-state index contributed by atoms with van der Waals surface area (Å²) in [6, 6.07) is 13.0. The maximum Gasteiger partial charge on any atom is 0.255 e. The van der Waals surface area contributed by atoms with Gasteiger partial charge in [-0.2, -0.15) is 0 Å². The number of hydrogen-bond acceptors (Lipinski definition) is 8. The number of pyridine rings is 2. The number of hydrogen-bond donors (Lipinski definition) is 2. The number of anilines is 2. The molecule has 3 aliphatic heterocycles. The maximum absolute atomic E-state index is 13.6. The van der Waals surface area contributed by atoms with Crippen molar-refractivity contribution in [2.75, 3.05) is 56.7 Å². The van der Waals surface area contributed by atoms with Crippen molar-refractivity contribution < 1.29 is 14.3 Å². The maximum atomic E-state index is 13.6. The van der Waals surface area contributed by atoms with Crippen LogP contribution in [0.2, 0.25) is 5.02 Å². The fourth-order valence-corrected chi connectivity index (χ4v) is 6.25. The molecule has 2 N–H and O–H groups in total. The summed E-state index contributed by atoms with van der Waals surface area (Å²) in [7, 11) is 2.13. The Bertz CT molecular complexity index is 1520. The van der Waals surface area contributed by atoms with Gasteiger partial charge in [0.05, 0.1) is 16.8 Å². The minimum atomic E-state index is -0.651. The summed E-state index contributed by atoms with van der Waals surface area (Å²) >= 11 is 6.57. The van der Waals surface area contributed by atoms with E-state index in [1.54, 1.807) is 18.0 Å². The number of carbonyl (C=O) groups excluding carboxylic acids is 2. The number of ether oxygens (including phenoxy) is 1. The van der Waals surface area contributed by atoms with Crippen molar-refractivity contribution in [2.24, 2.45) is 0 Å². The van der Waals surface area contributed by atoms with Crippen LogP contribution in [0.5, 0.6) is 0 Å². The summed E-state index contributed by atoms with van der Waals surface area (Å²) in [5, 5.41) is 7.08. The second kappa shape index (κ2) is 13.1. The van der Waals surface area contributed by atoms with Crippen LogP contribution in [0.25, 0.3) is 11.1 Å². The number of halogens is 1. The second-order valence-electron chi connectivity index (χ2n) is 12.0. The van der Waals surface area contributed by atoms with Crippen molar-refractivity contribution in [2.45, 2.75) is 51.4 Å². The molecule has 0 spiro atoms. The molecule has 44 heavy (non-hydrogen) atoms. The van der Waals surface area contributed by atoms with E-state index in [4.69, 9.17) is 21.3 Å². The Morgan fingerprint density at radius 1 is 1.05 bits per heavy atom. The molecule has 2 aromatic heterocycles. The lowest BCUT2D eigenvalue weighted by atomic mass is 10.0. The third-order valence-corrected chi connectivity index (χ3v) is 9.22. The first-order valence-corrected chi connectivity index (χ1v) is 15.8. The van der Waals surface area contributed by atoms with E-state index in [1.807, 2.05) is 49.4 Å². The van der Waals surface area contributed by atoms with E-state index < -0.39 is 6.04 Å². The van der Waals surface area contributed by atoms with Crippen LogP contribution in [0, 0.1) is 0 Å². The summed E-state index contributed by atoms with van der Waals surface area (Å²) in [6.07, 6.45) is 3.49. The number of piperazine rings is 1. The molecule has 3 aromatic rings. The normalized spacial score (nSPS) is 19.0. The smallest absolute Gasteiger partial charge is 0.255 e. The number of carbonyl (C=O) groups is 2. The zero-order valence-corrected chi connectivity index (χ0v) is 26.3. The van der Waals surface area contributed by atoms with Crippen molar-refractivity contribution >= 4 is 35.1 Å². The number of nitrogens with zero attached hydrogens (tertiary/aromatic N) is 5. The fraction of sp³-hybridized carbons (Fsp3) is 0.455. The largest absolute Gasteiger partial charge is 0.381 e. The van der Waals surface area contributed by atoms with E-state index in [9.17, 15) is 9.59 Å². The molecular formula is C33H40ClN7O3. The van der Waals surface area contributed by atoms with Crippen molar-refractivity contribution in [3.05, 3.63) is 70.5 Å². The average Bonchev–Trinajstić information content (AvgIpc) is 3.37. The van der Waals surface area contributed by atoms with Crippen molar-refractivity contribution in [3.8, 4) is 11.1 Å². The highest BCUT2D eigenvalue weighted by Gasteiger charge is 2.35. The van der Waals surface area contributed by atoms with Crippen LogP contribution in [-0.2, 0) is 16.1 Å². The van der Waals surface area contributed by atoms with Crippen LogP contribution < -0.4 is 15.5 Å². The summed E-state index contributed by atoms with van der Waals surface area (Å²) in [5.41, 5.74) is 3.90. The van der Waals surface area contributed by atoms with E-state index in [0.717, 1.165) is 86.3 Å². The van der Waals surface area contributed by atoms with Crippen LogP contribution >= 0.6 is 11.6 Å². The molecule has 232 valence electrons. The lowest BCUT2D eigenvalue weighted by molar-refractivity contribution is -0.125. The number of amides is 2. The lowest BCUT2D eigenvalue weighted by Gasteiger charge is -2.33. The Morgan fingerprint density at radius 3 is 2.59 bits per heavy atom. The Kier molecular flexibility index (Phi) is 9.02. The monoisotopic (exact) mass is 617 g/mol. The highest BCUT2D eigenvalue weighted by molar-refractivity contribution is 6.33. The predicted octanol–water partition coefficient (Wildman–Crippen LogP) is 4.36. The molecule has 10 nitrogen and oxygen atoms in total. The van der Waals surface area contributed by atoms with Gasteiger partial charge < -0.3 is 30.1 Å². The highest BCUT2D eigenvalue weighted by atomic mass is 35.5. The van der Waals surface area contributed by atoms with Crippen molar-refractivity contribution in [1.82, 2.24) is 25.1 Å². The van der Waals surface area contributed by atoms with Crippen LogP contribution in [0.15, 0.2) is 48.7 Å². The molecule has 2 saturated heterocycles. The van der Waals surface area contributed by atoms with Gasteiger partial charge in [-0.3, -0.25) is 9.59 Å². The van der Waals surface area contributed by atoms with Crippen LogP contribution in [0.4, 0.5) is 11.6 Å². The molecule has 1 aromatic carbocycles. The molecule has 2 fully saturated rings. The van der Waals surface area contributed by atoms with Gasteiger partial charge in [-0.25, -0.2) is 9.97 Å². The number of rotatable bonds is 8. The van der Waals surface area contributed by atoms with E-state index >= 15 is 0 Å². The summed E-state index contributed by atoms with van der Waals surface area (Å²) < 4.78 is 5.46. The van der Waals surface area contributed by atoms with Gasteiger partial charge in [-0.05, 0) is 69.1 Å². The highest BCUT2D eigenvalue weighted by Crippen LogP contribution is 2.34. The van der Waals surface area contributed by atoms with Crippen LogP contribution in [-0.4, -0.2) is 90.1 Å². The Labute approximate surface area is 263 Å². The number of benzene rings is 1. The molecule has 0 unspecified atom stereocenters. The molecule has 0 saturated carbocycles. The minimum absolute atomic E-state index is 0.168. The van der Waals surface area contributed by atoms with Gasteiger partial charge in [0.1, 0.15) is 17.7 Å². The van der Waals surface area contributed by atoms with E-state index in [1.165, 1.54) is 0 Å². The standard InChI is InChI=1S/C33H40ClN7O3/c1-21(29-5-4-6-31(38-29)40-13-11-39(3)12-14-40)36-32(42)22(2)41-20-24-8-7-23(17-27(24)33(41)43)26-18-30(35-19-28(26)34)37-25-9-15-44-16-10-25/h4-8,17-19,21-22,25H,9-16,20H2,1-3H3,(H,35,37)(H,36,42)/t21-,22-/m1/s1. The Morgan fingerprint density at radius 2 is 1.82 bits per heavy atom. The summed E-state index contributed by atoms with van der Waals surface area (Å²) in [6.45, 7) is 9.37. The second-order valence-corrected chi connectivity index (χ2v) is 12.4. The van der Waals surface area contributed by atoms with Crippen molar-refractivity contribution in [1.29, 1.82) is 0 Å². The number of aromatic nitrogens is 2. The van der Waals surface area contributed by atoms with Gasteiger partial charge in [0.25, 0.3) is 5.91 Å². The number of likely N-dealkylation sites (N-methyl/N-ethyl adjacent to an activating group) is 1. The van der Waals surface area contributed by atoms with Gasteiger partial charge >= 0.3 is 0 Å². The molecule has 0 bridgehead atoms. The van der Waals surface area contributed by atoms with Gasteiger partial charge in [-0.15, -0.1) is 0 Å². The molecule has 0 aliphatic carbocycles. The third-order valence-electron chi connectivity index (χ3n) is 8.91. The molecule has 3 aliphatic rings. The lowest BCUT2D eigenvalue weighted by Crippen LogP contribution is -2.46. The number of fused-ring (bicyclic) bond motifs is 1. The zero-order valence-electron chi connectivity index (χ0n) is 25.6. The minimum Gasteiger partial charge on any atom is -0.381 e. The quantitative estimate of drug-likeness (QED) is 0.384. The van der Waals surface area contributed by atoms with Gasteiger partial charge in [0.15, 0.2) is 0 Å². The molecule has 2 atom stereocenters. The topological polar surface area (TPSA) is 103 Å². The van der Waals surface area contributed by atoms with E-state index in [2.05, 4.69) is 32.5 Å². The molecule has 0 radical (unpaired) electrons. The molecule has 6 rings (SSSR count). The van der Waals surface area contributed by atoms with Gasteiger partial charge in [0.2, 0.25) is 5.91 Å². The molecule has 5 heterocycles. The first-order chi connectivity index (χ1) is 21.3. The van der Waals surface area contributed by atoms with Gasteiger partial charge in [0, 0.05) is 69.3 Å². The average molecular weight is 618 g/mol. The third kappa shape index (κ3) is 6.52. The Hall–Kier alpha value is -3.73. The zero-order chi connectivity index (χ0) is 30.8. The molecular weight excluding hydrogens is 578 g/mol. The molecule has 11 heteroatoms. The fourth-order valence-electron chi connectivity index (χ4n) is 6.04. The van der Waals surface area contributed by atoms with Crippen molar-refractivity contribution in [3.63, 3.8) is 0 Å². The Balaban J connectivity index is 1.12.